The number of hydrogen-bond acceptors (Lipinski definition) is 4. The standard InChI is InChI=1S/C26H21FO2.C24H17FO2/c1-28-21-13-14-25(29-2)23(17-21)26-22(19-11-7-4-8-12-19)15-20(16-24(26)27)18-9-5-3-6-10-18;25-22-14-18(16-7-3-1-4-8-16)13-20(17-9-5-2-6-10-17)24(22)21-15-19(26)11-12-23(21)27/h3-17H,1-2H3;1-15,26-27H. The molecule has 0 heterocycles. The Morgan fingerprint density at radius 3 is 1.27 bits per heavy atom. The molecule has 0 bridgehead atoms. The molecule has 0 aliphatic carbocycles. The first-order chi connectivity index (χ1) is 27.3. The Morgan fingerprint density at radius 2 is 0.821 bits per heavy atom. The van der Waals surface area contributed by atoms with Gasteiger partial charge in [0.25, 0.3) is 0 Å². The summed E-state index contributed by atoms with van der Waals surface area (Å²) in [7, 11) is 3.18. The number of methoxy groups -OCH3 is 2. The third-order valence-electron chi connectivity index (χ3n) is 9.49. The van der Waals surface area contributed by atoms with E-state index >= 15 is 8.78 Å². The molecule has 0 radical (unpaired) electrons. The molecule has 0 saturated carbocycles. The van der Waals surface area contributed by atoms with Gasteiger partial charge in [-0.05, 0) is 105 Å². The van der Waals surface area contributed by atoms with E-state index < -0.39 is 5.82 Å². The highest BCUT2D eigenvalue weighted by Gasteiger charge is 2.21. The summed E-state index contributed by atoms with van der Waals surface area (Å²) in [6.45, 7) is 0. The van der Waals surface area contributed by atoms with E-state index in [0.717, 1.165) is 38.9 Å². The summed E-state index contributed by atoms with van der Waals surface area (Å²) >= 11 is 0. The van der Waals surface area contributed by atoms with Crippen LogP contribution in [0.2, 0.25) is 0 Å². The van der Waals surface area contributed by atoms with Crippen molar-refractivity contribution in [3.63, 3.8) is 0 Å². The highest BCUT2D eigenvalue weighted by Crippen LogP contribution is 2.44. The minimum absolute atomic E-state index is 0.0339. The molecule has 0 saturated heterocycles. The Kier molecular flexibility index (Phi) is 11.2. The third kappa shape index (κ3) is 8.00. The average molecular weight is 741 g/mol. The molecule has 0 spiro atoms. The lowest BCUT2D eigenvalue weighted by Crippen LogP contribution is -1.96. The zero-order chi connectivity index (χ0) is 39.0. The molecule has 6 heteroatoms. The molecule has 8 rings (SSSR count). The first kappa shape index (κ1) is 37.1. The van der Waals surface area contributed by atoms with Gasteiger partial charge in [0.2, 0.25) is 0 Å². The molecule has 8 aromatic carbocycles. The molecule has 0 fully saturated rings. The van der Waals surface area contributed by atoms with Crippen LogP contribution in [-0.2, 0) is 0 Å². The molecular weight excluding hydrogens is 703 g/mol. The quantitative estimate of drug-likeness (QED) is 0.152. The zero-order valence-corrected chi connectivity index (χ0v) is 30.8. The second-order valence-electron chi connectivity index (χ2n) is 13.0. The Bertz CT molecular complexity index is 2580. The molecule has 0 aliphatic rings. The van der Waals surface area contributed by atoms with Gasteiger partial charge in [-0.3, -0.25) is 0 Å². The van der Waals surface area contributed by atoms with Gasteiger partial charge in [-0.1, -0.05) is 121 Å². The molecular formula is C50H38F2O4. The number of rotatable bonds is 8. The van der Waals surface area contributed by atoms with Gasteiger partial charge in [-0.25, -0.2) is 8.78 Å². The Balaban J connectivity index is 0.000000172. The molecule has 0 amide bonds. The normalized spacial score (nSPS) is 10.6. The van der Waals surface area contributed by atoms with E-state index in [4.69, 9.17) is 9.47 Å². The van der Waals surface area contributed by atoms with E-state index in [1.54, 1.807) is 32.4 Å². The number of phenols is 2. The van der Waals surface area contributed by atoms with Gasteiger partial charge in [0.1, 0.15) is 34.6 Å². The van der Waals surface area contributed by atoms with Crippen LogP contribution in [-0.4, -0.2) is 24.4 Å². The van der Waals surface area contributed by atoms with Crippen LogP contribution in [0.1, 0.15) is 0 Å². The molecule has 0 unspecified atom stereocenters. The molecule has 8 aromatic rings. The molecule has 0 aliphatic heterocycles. The second-order valence-corrected chi connectivity index (χ2v) is 13.0. The molecule has 4 nitrogen and oxygen atoms in total. The summed E-state index contributed by atoms with van der Waals surface area (Å²) < 4.78 is 41.8. The van der Waals surface area contributed by atoms with E-state index in [-0.39, 0.29) is 28.4 Å². The van der Waals surface area contributed by atoms with Crippen molar-refractivity contribution in [2.24, 2.45) is 0 Å². The number of benzene rings is 8. The van der Waals surface area contributed by atoms with Crippen LogP contribution < -0.4 is 9.47 Å². The van der Waals surface area contributed by atoms with Crippen LogP contribution >= 0.6 is 0 Å². The zero-order valence-electron chi connectivity index (χ0n) is 30.8. The summed E-state index contributed by atoms with van der Waals surface area (Å²) in [5, 5.41) is 20.1. The van der Waals surface area contributed by atoms with Gasteiger partial charge in [0, 0.05) is 22.3 Å². The lowest BCUT2D eigenvalue weighted by atomic mass is 9.90. The van der Waals surface area contributed by atoms with Gasteiger partial charge >= 0.3 is 0 Å². The van der Waals surface area contributed by atoms with Crippen LogP contribution in [0.5, 0.6) is 23.0 Å². The van der Waals surface area contributed by atoms with Crippen molar-refractivity contribution in [1.29, 1.82) is 0 Å². The van der Waals surface area contributed by atoms with Crippen molar-refractivity contribution in [2.45, 2.75) is 0 Å². The fraction of sp³-hybridized carbons (Fsp3) is 0.0400. The Hall–Kier alpha value is -7.18. The van der Waals surface area contributed by atoms with Crippen molar-refractivity contribution < 1.29 is 28.5 Å². The van der Waals surface area contributed by atoms with Crippen molar-refractivity contribution in [3.05, 3.63) is 194 Å². The number of hydrogen-bond donors (Lipinski definition) is 2. The molecule has 0 aromatic heterocycles. The van der Waals surface area contributed by atoms with Crippen LogP contribution in [0.3, 0.4) is 0 Å². The lowest BCUT2D eigenvalue weighted by molar-refractivity contribution is 0.404. The SMILES string of the molecule is COc1ccc(OC)c(-c2c(F)cc(-c3ccccc3)cc2-c2ccccc2)c1.Oc1ccc(O)c(-c2c(F)cc(-c3ccccc3)cc2-c2ccccc2)c1. The predicted octanol–water partition coefficient (Wildman–Crippen LogP) is 13.1. The van der Waals surface area contributed by atoms with E-state index in [0.29, 0.717) is 28.2 Å². The first-order valence-corrected chi connectivity index (χ1v) is 18.0. The summed E-state index contributed by atoms with van der Waals surface area (Å²) in [5.74, 6) is 0.346. The van der Waals surface area contributed by atoms with Gasteiger partial charge in [0.05, 0.1) is 14.2 Å². The van der Waals surface area contributed by atoms with E-state index in [1.165, 1.54) is 24.3 Å². The topological polar surface area (TPSA) is 58.9 Å². The highest BCUT2D eigenvalue weighted by molar-refractivity contribution is 5.91. The summed E-state index contributed by atoms with van der Waals surface area (Å²) in [6.07, 6.45) is 0. The summed E-state index contributed by atoms with van der Waals surface area (Å²) in [6, 6.07) is 55.2. The van der Waals surface area contributed by atoms with Gasteiger partial charge in [-0.15, -0.1) is 0 Å². The van der Waals surface area contributed by atoms with Gasteiger partial charge in [-0.2, -0.15) is 0 Å². The molecule has 2 N–H and O–H groups in total. The maximum Gasteiger partial charge on any atom is 0.132 e. The van der Waals surface area contributed by atoms with Gasteiger partial charge in [0.15, 0.2) is 0 Å². The number of halogens is 2. The molecule has 56 heavy (non-hydrogen) atoms. The smallest absolute Gasteiger partial charge is 0.132 e. The van der Waals surface area contributed by atoms with Gasteiger partial charge < -0.3 is 19.7 Å². The second kappa shape index (κ2) is 16.9. The average Bonchev–Trinajstić information content (AvgIpc) is 3.25. The van der Waals surface area contributed by atoms with E-state index in [1.807, 2.05) is 140 Å². The summed E-state index contributed by atoms with van der Waals surface area (Å²) in [5.41, 5.74) is 8.31. The lowest BCUT2D eigenvalue weighted by Gasteiger charge is -2.17. The van der Waals surface area contributed by atoms with Crippen molar-refractivity contribution in [3.8, 4) is 89.8 Å². The Morgan fingerprint density at radius 1 is 0.375 bits per heavy atom. The van der Waals surface area contributed by atoms with E-state index in [2.05, 4.69) is 0 Å². The van der Waals surface area contributed by atoms with Crippen molar-refractivity contribution in [2.75, 3.05) is 14.2 Å². The molecule has 0 atom stereocenters. The predicted molar refractivity (Wildman–Crippen MR) is 222 cm³/mol. The van der Waals surface area contributed by atoms with E-state index in [9.17, 15) is 10.2 Å². The first-order valence-electron chi connectivity index (χ1n) is 18.0. The number of phenolic OH excluding ortho intramolecular Hbond substituents is 2. The maximum absolute atomic E-state index is 15.6. The van der Waals surface area contributed by atoms with Crippen LogP contribution in [0.25, 0.3) is 66.8 Å². The minimum Gasteiger partial charge on any atom is -0.508 e. The largest absolute Gasteiger partial charge is 0.508 e. The fourth-order valence-corrected chi connectivity index (χ4v) is 6.78. The fourth-order valence-electron chi connectivity index (χ4n) is 6.78. The number of ether oxygens (including phenoxy) is 2. The van der Waals surface area contributed by atoms with Crippen LogP contribution in [0.4, 0.5) is 8.78 Å². The maximum atomic E-state index is 15.6. The summed E-state index contributed by atoms with van der Waals surface area (Å²) in [4.78, 5) is 0. The highest BCUT2D eigenvalue weighted by atomic mass is 19.1. The third-order valence-corrected chi connectivity index (χ3v) is 9.49. The Labute approximate surface area is 325 Å². The monoisotopic (exact) mass is 740 g/mol. The minimum atomic E-state index is -0.462. The van der Waals surface area contributed by atoms with Crippen LogP contribution in [0, 0.1) is 11.6 Å². The number of aromatic hydroxyl groups is 2. The van der Waals surface area contributed by atoms with Crippen LogP contribution in [0.15, 0.2) is 182 Å². The van der Waals surface area contributed by atoms with Crippen molar-refractivity contribution in [1.82, 2.24) is 0 Å². The molecule has 276 valence electrons. The van der Waals surface area contributed by atoms with Crippen molar-refractivity contribution >= 4 is 0 Å².